The van der Waals surface area contributed by atoms with Crippen LogP contribution < -0.4 is 0 Å². The van der Waals surface area contributed by atoms with Crippen LogP contribution in [0.5, 0.6) is 0 Å². The second-order valence-corrected chi connectivity index (χ2v) is 4.05. The summed E-state index contributed by atoms with van der Waals surface area (Å²) in [5.41, 5.74) is 0. The van der Waals surface area contributed by atoms with E-state index in [9.17, 15) is 0 Å². The Morgan fingerprint density at radius 1 is 1.38 bits per heavy atom. The van der Waals surface area contributed by atoms with Gasteiger partial charge < -0.3 is 19.3 Å². The van der Waals surface area contributed by atoms with Gasteiger partial charge in [-0.2, -0.15) is 0 Å². The number of hydrogen-bond donors (Lipinski definition) is 1. The highest BCUT2D eigenvalue weighted by Gasteiger charge is 2.48. The van der Waals surface area contributed by atoms with Gasteiger partial charge in [-0.05, 0) is 20.3 Å². The first-order valence-corrected chi connectivity index (χ1v) is 4.73. The lowest BCUT2D eigenvalue weighted by atomic mass is 10.1. The van der Waals surface area contributed by atoms with E-state index >= 15 is 0 Å². The Morgan fingerprint density at radius 2 is 2.15 bits per heavy atom. The molecule has 2 heterocycles. The molecule has 2 saturated heterocycles. The van der Waals surface area contributed by atoms with E-state index < -0.39 is 5.79 Å². The van der Waals surface area contributed by atoms with Gasteiger partial charge in [-0.25, -0.2) is 0 Å². The molecule has 0 spiro atoms. The van der Waals surface area contributed by atoms with Crippen molar-refractivity contribution in [3.63, 3.8) is 0 Å². The smallest absolute Gasteiger partial charge is 0.187 e. The Balaban J connectivity index is 1.90. The van der Waals surface area contributed by atoms with Crippen molar-refractivity contribution in [3.05, 3.63) is 0 Å². The summed E-state index contributed by atoms with van der Waals surface area (Å²) in [7, 11) is 0. The van der Waals surface area contributed by atoms with E-state index in [1.807, 2.05) is 13.8 Å². The van der Waals surface area contributed by atoms with Crippen molar-refractivity contribution >= 4 is 0 Å². The van der Waals surface area contributed by atoms with Crippen LogP contribution >= 0.6 is 0 Å². The molecule has 0 aliphatic carbocycles. The summed E-state index contributed by atoms with van der Waals surface area (Å²) in [6.07, 6.45) is 1.41. The van der Waals surface area contributed by atoms with Crippen molar-refractivity contribution in [2.24, 2.45) is 0 Å². The SMILES string of the molecule is CC1(C)OC2CC(CCO)OC2O1. The van der Waals surface area contributed by atoms with Crippen LogP contribution in [0, 0.1) is 0 Å². The van der Waals surface area contributed by atoms with Gasteiger partial charge in [0.05, 0.1) is 6.10 Å². The van der Waals surface area contributed by atoms with Gasteiger partial charge in [-0.1, -0.05) is 0 Å². The normalized spacial score (nSPS) is 42.2. The second-order valence-electron chi connectivity index (χ2n) is 4.05. The Morgan fingerprint density at radius 3 is 2.77 bits per heavy atom. The molecule has 3 unspecified atom stereocenters. The number of aliphatic hydroxyl groups excluding tert-OH is 1. The minimum Gasteiger partial charge on any atom is -0.396 e. The quantitative estimate of drug-likeness (QED) is 0.690. The van der Waals surface area contributed by atoms with E-state index in [0.717, 1.165) is 6.42 Å². The van der Waals surface area contributed by atoms with Crippen LogP contribution in [0.3, 0.4) is 0 Å². The third-order valence-electron chi connectivity index (χ3n) is 2.41. The molecule has 76 valence electrons. The maximum Gasteiger partial charge on any atom is 0.187 e. The van der Waals surface area contributed by atoms with Crippen molar-refractivity contribution in [2.45, 2.75) is 51.0 Å². The zero-order chi connectivity index (χ0) is 9.47. The number of ether oxygens (including phenoxy) is 3. The van der Waals surface area contributed by atoms with Crippen LogP contribution in [0.4, 0.5) is 0 Å². The number of hydrogen-bond acceptors (Lipinski definition) is 4. The van der Waals surface area contributed by atoms with Crippen molar-refractivity contribution < 1.29 is 19.3 Å². The Hall–Kier alpha value is -0.160. The first-order valence-electron chi connectivity index (χ1n) is 4.73. The molecule has 3 atom stereocenters. The fourth-order valence-corrected chi connectivity index (χ4v) is 1.91. The second kappa shape index (κ2) is 3.20. The lowest BCUT2D eigenvalue weighted by Crippen LogP contribution is -2.25. The average molecular weight is 188 g/mol. The highest BCUT2D eigenvalue weighted by molar-refractivity contribution is 4.84. The lowest BCUT2D eigenvalue weighted by Gasteiger charge is -2.19. The predicted molar refractivity (Wildman–Crippen MR) is 45.0 cm³/mol. The molecule has 4 heteroatoms. The summed E-state index contributed by atoms with van der Waals surface area (Å²) >= 11 is 0. The van der Waals surface area contributed by atoms with Crippen LogP contribution in [-0.2, 0) is 14.2 Å². The lowest BCUT2D eigenvalue weighted by molar-refractivity contribution is -0.205. The molecule has 0 aromatic rings. The number of rotatable bonds is 2. The fraction of sp³-hybridized carbons (Fsp3) is 1.00. The van der Waals surface area contributed by atoms with Crippen LogP contribution in [0.1, 0.15) is 26.7 Å². The van der Waals surface area contributed by atoms with E-state index in [0.29, 0.717) is 6.42 Å². The Kier molecular flexibility index (Phi) is 2.32. The Labute approximate surface area is 77.8 Å². The van der Waals surface area contributed by atoms with E-state index in [4.69, 9.17) is 19.3 Å². The topological polar surface area (TPSA) is 47.9 Å². The Bertz CT molecular complexity index is 176. The van der Waals surface area contributed by atoms with E-state index in [1.54, 1.807) is 0 Å². The van der Waals surface area contributed by atoms with Crippen LogP contribution in [0.25, 0.3) is 0 Å². The highest BCUT2D eigenvalue weighted by Crippen LogP contribution is 2.37. The summed E-state index contributed by atoms with van der Waals surface area (Å²) in [5, 5.41) is 8.73. The van der Waals surface area contributed by atoms with E-state index in [2.05, 4.69) is 0 Å². The monoisotopic (exact) mass is 188 g/mol. The van der Waals surface area contributed by atoms with Crippen LogP contribution in [0.15, 0.2) is 0 Å². The molecule has 2 fully saturated rings. The molecule has 2 aliphatic heterocycles. The van der Waals surface area contributed by atoms with Crippen LogP contribution in [-0.4, -0.2) is 36.0 Å². The molecule has 2 aliphatic rings. The molecule has 13 heavy (non-hydrogen) atoms. The average Bonchev–Trinajstić information content (AvgIpc) is 2.41. The third kappa shape index (κ3) is 1.86. The molecule has 0 bridgehead atoms. The van der Waals surface area contributed by atoms with Gasteiger partial charge in [0.1, 0.15) is 6.10 Å². The predicted octanol–water partition coefficient (Wildman–Crippen LogP) is 0.635. The summed E-state index contributed by atoms with van der Waals surface area (Å²) < 4.78 is 16.7. The molecule has 0 aromatic heterocycles. The van der Waals surface area contributed by atoms with Gasteiger partial charge in [-0.15, -0.1) is 0 Å². The first-order chi connectivity index (χ1) is 6.11. The van der Waals surface area contributed by atoms with Crippen molar-refractivity contribution in [1.82, 2.24) is 0 Å². The summed E-state index contributed by atoms with van der Waals surface area (Å²) in [6.45, 7) is 3.93. The van der Waals surface area contributed by atoms with Crippen molar-refractivity contribution in [2.75, 3.05) is 6.61 Å². The molecule has 4 nitrogen and oxygen atoms in total. The van der Waals surface area contributed by atoms with E-state index in [1.165, 1.54) is 0 Å². The highest BCUT2D eigenvalue weighted by atomic mass is 16.8. The minimum absolute atomic E-state index is 0.0477. The number of fused-ring (bicyclic) bond motifs is 1. The van der Waals surface area contributed by atoms with E-state index in [-0.39, 0.29) is 25.1 Å². The molecule has 0 aromatic carbocycles. The number of aliphatic hydroxyl groups is 1. The largest absolute Gasteiger partial charge is 0.396 e. The molecule has 0 saturated carbocycles. The summed E-state index contributed by atoms with van der Waals surface area (Å²) in [5.74, 6) is -0.514. The molecule has 0 amide bonds. The summed E-state index contributed by atoms with van der Waals surface area (Å²) in [6, 6.07) is 0. The molecule has 2 rings (SSSR count). The molecular weight excluding hydrogens is 172 g/mol. The molecule has 1 N–H and O–H groups in total. The van der Waals surface area contributed by atoms with Gasteiger partial charge in [0.15, 0.2) is 12.1 Å². The standard InChI is InChI=1S/C9H16O4/c1-9(2)12-7-5-6(3-4-10)11-8(7)13-9/h6-8,10H,3-5H2,1-2H3. The van der Waals surface area contributed by atoms with Gasteiger partial charge in [0.25, 0.3) is 0 Å². The van der Waals surface area contributed by atoms with Crippen molar-refractivity contribution in [1.29, 1.82) is 0 Å². The maximum atomic E-state index is 8.73. The molecule has 0 radical (unpaired) electrons. The first kappa shape index (κ1) is 9.40. The van der Waals surface area contributed by atoms with Gasteiger partial charge in [0, 0.05) is 13.0 Å². The fourth-order valence-electron chi connectivity index (χ4n) is 1.91. The van der Waals surface area contributed by atoms with Gasteiger partial charge in [-0.3, -0.25) is 0 Å². The van der Waals surface area contributed by atoms with Crippen LogP contribution in [0.2, 0.25) is 0 Å². The van der Waals surface area contributed by atoms with Gasteiger partial charge in [0.2, 0.25) is 0 Å². The zero-order valence-electron chi connectivity index (χ0n) is 8.03. The maximum absolute atomic E-state index is 8.73. The van der Waals surface area contributed by atoms with Gasteiger partial charge >= 0.3 is 0 Å². The molecular formula is C9H16O4. The summed E-state index contributed by atoms with van der Waals surface area (Å²) in [4.78, 5) is 0. The third-order valence-corrected chi connectivity index (χ3v) is 2.41. The zero-order valence-corrected chi connectivity index (χ0v) is 8.03. The minimum atomic E-state index is -0.514. The van der Waals surface area contributed by atoms with Crippen molar-refractivity contribution in [3.8, 4) is 0 Å².